The molecular formula is C15H22Cl2N2. The normalized spacial score (nSPS) is 22.2. The molecule has 2 N–H and O–H groups in total. The molecule has 4 heteroatoms. The Morgan fingerprint density at radius 1 is 1.11 bits per heavy atom. The third-order valence-corrected chi connectivity index (χ3v) is 4.03. The van der Waals surface area contributed by atoms with Crippen molar-refractivity contribution in [2.75, 3.05) is 5.32 Å². The largest absolute Gasteiger partial charge is 0.381 e. The van der Waals surface area contributed by atoms with E-state index in [-0.39, 0.29) is 11.1 Å². The molecule has 1 aromatic rings. The zero-order valence-corrected chi connectivity index (χ0v) is 13.5. The van der Waals surface area contributed by atoms with Gasteiger partial charge in [0.2, 0.25) is 0 Å². The fourth-order valence-corrected chi connectivity index (χ4v) is 3.71. The number of rotatable bonds is 2. The molecule has 1 aliphatic heterocycles. The molecule has 19 heavy (non-hydrogen) atoms. The number of piperidine rings is 1. The molecule has 1 heterocycles. The van der Waals surface area contributed by atoms with E-state index >= 15 is 0 Å². The second kappa shape index (κ2) is 5.16. The summed E-state index contributed by atoms with van der Waals surface area (Å²) in [6.07, 6.45) is 2.13. The third kappa shape index (κ3) is 4.01. The van der Waals surface area contributed by atoms with Crippen molar-refractivity contribution in [3.8, 4) is 0 Å². The molecule has 106 valence electrons. The van der Waals surface area contributed by atoms with Crippen LogP contribution in [0.15, 0.2) is 18.2 Å². The topological polar surface area (TPSA) is 24.1 Å². The number of benzene rings is 1. The van der Waals surface area contributed by atoms with Crippen LogP contribution >= 0.6 is 23.2 Å². The monoisotopic (exact) mass is 300 g/mol. The molecule has 0 aliphatic carbocycles. The zero-order chi connectivity index (χ0) is 14.3. The first-order valence-corrected chi connectivity index (χ1v) is 7.43. The van der Waals surface area contributed by atoms with E-state index < -0.39 is 0 Å². The molecule has 1 aromatic carbocycles. The highest BCUT2D eigenvalue weighted by Gasteiger charge is 2.37. The first kappa shape index (κ1) is 15.0. The van der Waals surface area contributed by atoms with Crippen LogP contribution in [-0.4, -0.2) is 17.1 Å². The van der Waals surface area contributed by atoms with E-state index in [9.17, 15) is 0 Å². The molecule has 2 nitrogen and oxygen atoms in total. The molecule has 0 atom stereocenters. The number of nitrogens with one attached hydrogen (secondary N) is 2. The summed E-state index contributed by atoms with van der Waals surface area (Å²) in [7, 11) is 0. The van der Waals surface area contributed by atoms with Crippen molar-refractivity contribution in [2.24, 2.45) is 0 Å². The lowest BCUT2D eigenvalue weighted by Gasteiger charge is -2.47. The molecule has 2 rings (SSSR count). The third-order valence-electron chi connectivity index (χ3n) is 3.48. The van der Waals surface area contributed by atoms with Gasteiger partial charge in [0.15, 0.2) is 0 Å². The Morgan fingerprint density at radius 3 is 2.21 bits per heavy atom. The molecule has 0 aromatic heterocycles. The van der Waals surface area contributed by atoms with Crippen molar-refractivity contribution in [1.82, 2.24) is 5.32 Å². The van der Waals surface area contributed by atoms with Gasteiger partial charge in [-0.3, -0.25) is 0 Å². The van der Waals surface area contributed by atoms with E-state index in [1.165, 1.54) is 0 Å². The number of hydrogen-bond donors (Lipinski definition) is 2. The minimum absolute atomic E-state index is 0.123. The van der Waals surface area contributed by atoms with Crippen LogP contribution < -0.4 is 10.6 Å². The standard InChI is InChI=1S/C15H22Cl2N2/c1-14(2)8-11(9-15(3,4)19-14)18-13-6-5-10(16)7-12(13)17/h5-7,11,18-19H,8-9H2,1-4H3. The zero-order valence-electron chi connectivity index (χ0n) is 12.0. The highest BCUT2D eigenvalue weighted by Crippen LogP contribution is 2.33. The van der Waals surface area contributed by atoms with E-state index in [2.05, 4.69) is 38.3 Å². The highest BCUT2D eigenvalue weighted by molar-refractivity contribution is 6.36. The second-order valence-electron chi connectivity index (χ2n) is 6.77. The van der Waals surface area contributed by atoms with Gasteiger partial charge in [0.05, 0.1) is 10.7 Å². The second-order valence-corrected chi connectivity index (χ2v) is 7.61. The minimum atomic E-state index is 0.123. The van der Waals surface area contributed by atoms with Gasteiger partial charge in [0, 0.05) is 22.1 Å². The lowest BCUT2D eigenvalue weighted by molar-refractivity contribution is 0.170. The maximum absolute atomic E-state index is 6.23. The summed E-state index contributed by atoms with van der Waals surface area (Å²) in [5, 5.41) is 8.58. The van der Waals surface area contributed by atoms with Gasteiger partial charge in [-0.1, -0.05) is 23.2 Å². The van der Waals surface area contributed by atoms with Crippen LogP contribution in [-0.2, 0) is 0 Å². The predicted octanol–water partition coefficient (Wildman–Crippen LogP) is 4.71. The molecular weight excluding hydrogens is 279 g/mol. The van der Waals surface area contributed by atoms with Crippen molar-refractivity contribution >= 4 is 28.9 Å². The average Bonchev–Trinajstić information content (AvgIpc) is 2.17. The first-order valence-electron chi connectivity index (χ1n) is 6.68. The smallest absolute Gasteiger partial charge is 0.0652 e. The molecule has 1 aliphatic rings. The highest BCUT2D eigenvalue weighted by atomic mass is 35.5. The maximum atomic E-state index is 6.23. The number of hydrogen-bond acceptors (Lipinski definition) is 2. The van der Waals surface area contributed by atoms with Gasteiger partial charge in [-0.25, -0.2) is 0 Å². The summed E-state index contributed by atoms with van der Waals surface area (Å²) in [5.74, 6) is 0. The van der Waals surface area contributed by atoms with Gasteiger partial charge < -0.3 is 10.6 Å². The van der Waals surface area contributed by atoms with Crippen molar-refractivity contribution in [3.63, 3.8) is 0 Å². The van der Waals surface area contributed by atoms with Crippen molar-refractivity contribution in [2.45, 2.75) is 57.7 Å². The quantitative estimate of drug-likeness (QED) is 0.826. The lowest BCUT2D eigenvalue weighted by atomic mass is 9.79. The van der Waals surface area contributed by atoms with Crippen LogP contribution in [0.5, 0.6) is 0 Å². The van der Waals surface area contributed by atoms with Crippen LogP contribution in [0.3, 0.4) is 0 Å². The molecule has 0 amide bonds. The van der Waals surface area contributed by atoms with Gasteiger partial charge >= 0.3 is 0 Å². The number of halogens is 2. The Bertz CT molecular complexity index is 453. The Labute approximate surface area is 125 Å². The fourth-order valence-electron chi connectivity index (χ4n) is 3.25. The Balaban J connectivity index is 2.14. The van der Waals surface area contributed by atoms with Gasteiger partial charge in [-0.05, 0) is 58.7 Å². The molecule has 0 spiro atoms. The number of anilines is 1. The van der Waals surface area contributed by atoms with Crippen LogP contribution in [0.4, 0.5) is 5.69 Å². The summed E-state index contributed by atoms with van der Waals surface area (Å²) in [6, 6.07) is 6.01. The average molecular weight is 301 g/mol. The van der Waals surface area contributed by atoms with Crippen molar-refractivity contribution < 1.29 is 0 Å². The fraction of sp³-hybridized carbons (Fsp3) is 0.600. The van der Waals surface area contributed by atoms with Crippen molar-refractivity contribution in [3.05, 3.63) is 28.2 Å². The molecule has 0 saturated carbocycles. The van der Waals surface area contributed by atoms with Crippen LogP contribution in [0.2, 0.25) is 10.0 Å². The molecule has 0 unspecified atom stereocenters. The van der Waals surface area contributed by atoms with E-state index in [4.69, 9.17) is 23.2 Å². The van der Waals surface area contributed by atoms with Crippen LogP contribution in [0.25, 0.3) is 0 Å². The van der Waals surface area contributed by atoms with Crippen LogP contribution in [0.1, 0.15) is 40.5 Å². The Kier molecular flexibility index (Phi) is 4.06. The molecule has 1 saturated heterocycles. The van der Waals surface area contributed by atoms with E-state index in [0.717, 1.165) is 18.5 Å². The molecule has 0 bridgehead atoms. The SMILES string of the molecule is CC1(C)CC(Nc2ccc(Cl)cc2Cl)CC(C)(C)N1. The first-order chi connectivity index (χ1) is 8.67. The van der Waals surface area contributed by atoms with Crippen molar-refractivity contribution in [1.29, 1.82) is 0 Å². The Morgan fingerprint density at radius 2 is 1.68 bits per heavy atom. The summed E-state index contributed by atoms with van der Waals surface area (Å²) in [6.45, 7) is 8.97. The molecule has 1 fully saturated rings. The predicted molar refractivity (Wildman–Crippen MR) is 84.4 cm³/mol. The summed E-state index contributed by atoms with van der Waals surface area (Å²) in [5.41, 5.74) is 1.21. The van der Waals surface area contributed by atoms with Gasteiger partial charge in [0.1, 0.15) is 0 Å². The van der Waals surface area contributed by atoms with E-state index in [1.807, 2.05) is 12.1 Å². The minimum Gasteiger partial charge on any atom is -0.381 e. The van der Waals surface area contributed by atoms with Gasteiger partial charge in [-0.15, -0.1) is 0 Å². The molecule has 0 radical (unpaired) electrons. The van der Waals surface area contributed by atoms with Gasteiger partial charge in [0.25, 0.3) is 0 Å². The van der Waals surface area contributed by atoms with E-state index in [0.29, 0.717) is 16.1 Å². The Hall–Kier alpha value is -0.440. The lowest BCUT2D eigenvalue weighted by Crippen LogP contribution is -2.60. The van der Waals surface area contributed by atoms with E-state index in [1.54, 1.807) is 6.07 Å². The maximum Gasteiger partial charge on any atom is 0.0652 e. The summed E-state index contributed by atoms with van der Waals surface area (Å²) >= 11 is 12.2. The summed E-state index contributed by atoms with van der Waals surface area (Å²) in [4.78, 5) is 0. The van der Waals surface area contributed by atoms with Gasteiger partial charge in [-0.2, -0.15) is 0 Å². The van der Waals surface area contributed by atoms with Crippen LogP contribution in [0, 0.1) is 0 Å². The summed E-state index contributed by atoms with van der Waals surface area (Å²) < 4.78 is 0.